The van der Waals surface area contributed by atoms with Gasteiger partial charge in [-0.3, -0.25) is 0 Å². The molecule has 0 atom stereocenters. The Morgan fingerprint density at radius 2 is 2.00 bits per heavy atom. The number of nitrogens with one attached hydrogen (secondary N) is 1. The van der Waals surface area contributed by atoms with Crippen molar-refractivity contribution in [3.8, 4) is 0 Å². The van der Waals surface area contributed by atoms with Crippen molar-refractivity contribution < 1.29 is 5.11 Å². The van der Waals surface area contributed by atoms with Crippen LogP contribution in [0.1, 0.15) is 13.8 Å². The van der Waals surface area contributed by atoms with Gasteiger partial charge in [-0.1, -0.05) is 12.1 Å². The van der Waals surface area contributed by atoms with Crippen molar-refractivity contribution in [2.45, 2.75) is 19.4 Å². The zero-order valence-electron chi connectivity index (χ0n) is 9.74. The van der Waals surface area contributed by atoms with Crippen LogP contribution in [0.2, 0.25) is 5.28 Å². The molecule has 90 valence electrons. The van der Waals surface area contributed by atoms with Gasteiger partial charge in [0.2, 0.25) is 5.28 Å². The molecule has 0 radical (unpaired) electrons. The van der Waals surface area contributed by atoms with Crippen molar-refractivity contribution in [2.75, 3.05) is 11.9 Å². The van der Waals surface area contributed by atoms with E-state index in [-0.39, 0.29) is 5.28 Å². The van der Waals surface area contributed by atoms with Crippen LogP contribution >= 0.6 is 11.6 Å². The van der Waals surface area contributed by atoms with Crippen LogP contribution in [-0.4, -0.2) is 27.2 Å². The number of nitrogens with zero attached hydrogens (tertiary/aromatic N) is 2. The highest BCUT2D eigenvalue weighted by Crippen LogP contribution is 2.22. The van der Waals surface area contributed by atoms with Crippen LogP contribution in [0, 0.1) is 0 Å². The Hall–Kier alpha value is -1.39. The lowest BCUT2D eigenvalue weighted by Crippen LogP contribution is -2.29. The summed E-state index contributed by atoms with van der Waals surface area (Å²) in [5, 5.41) is 13.9. The maximum absolute atomic E-state index is 9.68. The standard InChI is InChI=1S/C12H14ClN3O/c1-12(2,17)7-14-10-8-5-3-4-6-9(8)15-11(13)16-10/h3-6,17H,7H2,1-2H3,(H,14,15,16). The summed E-state index contributed by atoms with van der Waals surface area (Å²) in [7, 11) is 0. The molecular formula is C12H14ClN3O. The van der Waals surface area contributed by atoms with Gasteiger partial charge < -0.3 is 10.4 Å². The molecule has 0 unspecified atom stereocenters. The van der Waals surface area contributed by atoms with Gasteiger partial charge in [0.15, 0.2) is 0 Å². The van der Waals surface area contributed by atoms with Gasteiger partial charge in [0.05, 0.1) is 11.1 Å². The number of halogens is 1. The minimum absolute atomic E-state index is 0.196. The van der Waals surface area contributed by atoms with Gasteiger partial charge in [0.1, 0.15) is 5.82 Å². The molecule has 17 heavy (non-hydrogen) atoms. The van der Waals surface area contributed by atoms with Gasteiger partial charge >= 0.3 is 0 Å². The third kappa shape index (κ3) is 3.05. The number of para-hydroxylation sites is 1. The number of hydrogen-bond donors (Lipinski definition) is 2. The van der Waals surface area contributed by atoms with E-state index in [2.05, 4.69) is 15.3 Å². The third-order valence-electron chi connectivity index (χ3n) is 2.26. The largest absolute Gasteiger partial charge is 0.389 e. The molecule has 0 aliphatic heterocycles. The first-order valence-electron chi connectivity index (χ1n) is 5.34. The fourth-order valence-corrected chi connectivity index (χ4v) is 1.66. The summed E-state index contributed by atoms with van der Waals surface area (Å²) in [5.74, 6) is 0.641. The topological polar surface area (TPSA) is 58.0 Å². The van der Waals surface area contributed by atoms with Crippen LogP contribution in [0.4, 0.5) is 5.82 Å². The van der Waals surface area contributed by atoms with Crippen LogP contribution in [0.25, 0.3) is 10.9 Å². The monoisotopic (exact) mass is 251 g/mol. The minimum atomic E-state index is -0.807. The number of rotatable bonds is 3. The zero-order valence-corrected chi connectivity index (χ0v) is 10.5. The number of benzene rings is 1. The third-order valence-corrected chi connectivity index (χ3v) is 2.43. The lowest BCUT2D eigenvalue weighted by Gasteiger charge is -2.18. The molecule has 2 rings (SSSR count). The maximum atomic E-state index is 9.68. The van der Waals surface area contributed by atoms with E-state index in [1.54, 1.807) is 13.8 Å². The summed E-state index contributed by atoms with van der Waals surface area (Å²) in [6.45, 7) is 3.85. The van der Waals surface area contributed by atoms with Crippen LogP contribution in [0.15, 0.2) is 24.3 Å². The molecule has 0 amide bonds. The van der Waals surface area contributed by atoms with Gasteiger partial charge in [-0.25, -0.2) is 9.97 Å². The second-order valence-electron chi connectivity index (χ2n) is 4.52. The second-order valence-corrected chi connectivity index (χ2v) is 4.86. The first-order chi connectivity index (χ1) is 7.96. The molecular weight excluding hydrogens is 238 g/mol. The van der Waals surface area contributed by atoms with Gasteiger partial charge in [-0.2, -0.15) is 0 Å². The molecule has 0 saturated carbocycles. The Kier molecular flexibility index (Phi) is 3.17. The van der Waals surface area contributed by atoms with E-state index in [4.69, 9.17) is 11.6 Å². The Labute approximate surface area is 105 Å². The summed E-state index contributed by atoms with van der Waals surface area (Å²) in [6.07, 6.45) is 0. The first-order valence-corrected chi connectivity index (χ1v) is 5.72. The molecule has 0 fully saturated rings. The molecule has 2 aromatic rings. The highest BCUT2D eigenvalue weighted by molar-refractivity contribution is 6.28. The van der Waals surface area contributed by atoms with Gasteiger partial charge in [0.25, 0.3) is 0 Å². The van der Waals surface area contributed by atoms with Crippen molar-refractivity contribution >= 4 is 28.3 Å². The fraction of sp³-hybridized carbons (Fsp3) is 0.333. The highest BCUT2D eigenvalue weighted by atomic mass is 35.5. The smallest absolute Gasteiger partial charge is 0.224 e. The average molecular weight is 252 g/mol. The average Bonchev–Trinajstić information content (AvgIpc) is 2.24. The van der Waals surface area contributed by atoms with Crippen LogP contribution < -0.4 is 5.32 Å². The van der Waals surface area contributed by atoms with E-state index in [1.807, 2.05) is 24.3 Å². The normalized spacial score (nSPS) is 11.8. The molecule has 0 aliphatic rings. The Morgan fingerprint density at radius 3 is 2.71 bits per heavy atom. The molecule has 1 heterocycles. The van der Waals surface area contributed by atoms with Crippen LogP contribution in [0.5, 0.6) is 0 Å². The van der Waals surface area contributed by atoms with Crippen molar-refractivity contribution in [3.05, 3.63) is 29.5 Å². The summed E-state index contributed by atoms with van der Waals surface area (Å²) >= 11 is 5.85. The Balaban J connectivity index is 2.39. The molecule has 4 nitrogen and oxygen atoms in total. The molecule has 5 heteroatoms. The number of anilines is 1. The molecule has 2 N–H and O–H groups in total. The van der Waals surface area contributed by atoms with E-state index < -0.39 is 5.60 Å². The first kappa shape index (κ1) is 12.1. The Morgan fingerprint density at radius 1 is 1.29 bits per heavy atom. The number of fused-ring (bicyclic) bond motifs is 1. The minimum Gasteiger partial charge on any atom is -0.389 e. The molecule has 0 saturated heterocycles. The summed E-state index contributed by atoms with van der Waals surface area (Å²) < 4.78 is 0. The fourth-order valence-electron chi connectivity index (χ4n) is 1.48. The van der Waals surface area contributed by atoms with Crippen molar-refractivity contribution in [1.82, 2.24) is 9.97 Å². The molecule has 0 bridgehead atoms. The molecule has 1 aromatic heterocycles. The van der Waals surface area contributed by atoms with Crippen molar-refractivity contribution in [1.29, 1.82) is 0 Å². The second kappa shape index (κ2) is 4.47. The lowest BCUT2D eigenvalue weighted by molar-refractivity contribution is 0.0944. The van der Waals surface area contributed by atoms with Crippen LogP contribution in [-0.2, 0) is 0 Å². The van der Waals surface area contributed by atoms with E-state index in [9.17, 15) is 5.11 Å². The van der Waals surface area contributed by atoms with E-state index in [1.165, 1.54) is 0 Å². The Bertz CT molecular complexity index is 537. The summed E-state index contributed by atoms with van der Waals surface area (Å²) in [6, 6.07) is 7.59. The molecule has 1 aromatic carbocycles. The van der Waals surface area contributed by atoms with Gasteiger partial charge in [-0.05, 0) is 37.6 Å². The van der Waals surface area contributed by atoms with Crippen LogP contribution in [0.3, 0.4) is 0 Å². The van der Waals surface area contributed by atoms with E-state index in [0.29, 0.717) is 12.4 Å². The summed E-state index contributed by atoms with van der Waals surface area (Å²) in [4.78, 5) is 8.27. The predicted molar refractivity (Wildman–Crippen MR) is 69.3 cm³/mol. The van der Waals surface area contributed by atoms with Gasteiger partial charge in [0, 0.05) is 11.9 Å². The van der Waals surface area contributed by atoms with Crippen molar-refractivity contribution in [3.63, 3.8) is 0 Å². The zero-order chi connectivity index (χ0) is 12.5. The van der Waals surface area contributed by atoms with Crippen molar-refractivity contribution in [2.24, 2.45) is 0 Å². The predicted octanol–water partition coefficient (Wildman–Crippen LogP) is 2.47. The van der Waals surface area contributed by atoms with E-state index >= 15 is 0 Å². The molecule has 0 spiro atoms. The maximum Gasteiger partial charge on any atom is 0.224 e. The highest BCUT2D eigenvalue weighted by Gasteiger charge is 2.13. The SMILES string of the molecule is CC(C)(O)CNc1nc(Cl)nc2ccccc12. The number of aromatic nitrogens is 2. The number of hydrogen-bond acceptors (Lipinski definition) is 4. The number of aliphatic hydroxyl groups is 1. The van der Waals surface area contributed by atoms with E-state index in [0.717, 1.165) is 10.9 Å². The lowest BCUT2D eigenvalue weighted by atomic mass is 10.1. The van der Waals surface area contributed by atoms with Gasteiger partial charge in [-0.15, -0.1) is 0 Å². The quantitative estimate of drug-likeness (QED) is 0.823. The summed E-state index contributed by atoms with van der Waals surface area (Å²) in [5.41, 5.74) is -0.0239. The molecule has 0 aliphatic carbocycles.